The van der Waals surface area contributed by atoms with E-state index in [-0.39, 0.29) is 29.7 Å². The van der Waals surface area contributed by atoms with Gasteiger partial charge in [0, 0.05) is 28.1 Å². The van der Waals surface area contributed by atoms with Crippen LogP contribution in [0.25, 0.3) is 10.9 Å². The molecule has 4 aromatic rings. The quantitative estimate of drug-likeness (QED) is 0.203. The van der Waals surface area contributed by atoms with Crippen molar-refractivity contribution in [2.75, 3.05) is 17.2 Å². The number of aromatic nitrogens is 1. The van der Waals surface area contributed by atoms with Crippen molar-refractivity contribution in [3.63, 3.8) is 0 Å². The molecule has 40 heavy (non-hydrogen) atoms. The van der Waals surface area contributed by atoms with Crippen LogP contribution in [-0.2, 0) is 27.2 Å². The van der Waals surface area contributed by atoms with Crippen molar-refractivity contribution in [2.24, 2.45) is 0 Å². The standard InChI is InChI=1S/C31H27N3O5S/c32-20-6-5-7-22(16-20)40-27-17-28(35)33(30(27)37)21-14-12-19(13-15-21)31(38)39-18-29(36)34-25-10-3-1-8-23(25)24-9-2-4-11-26(24)34/h1,3,5-8,10,12-16,27H,2,4,9,11,17-18,32H2. The number of ether oxygens (including phenoxy) is 1. The number of aryl methyl sites for hydroxylation is 1. The third-order valence-electron chi connectivity index (χ3n) is 7.36. The number of thioether (sulfide) groups is 1. The van der Waals surface area contributed by atoms with Crippen LogP contribution in [-0.4, -0.2) is 40.1 Å². The molecule has 202 valence electrons. The summed E-state index contributed by atoms with van der Waals surface area (Å²) >= 11 is 1.30. The number of carbonyl (C=O) groups excluding carboxylic acids is 4. The number of anilines is 2. The number of hydrogen-bond donors (Lipinski definition) is 1. The molecule has 1 aliphatic heterocycles. The molecule has 2 amide bonds. The summed E-state index contributed by atoms with van der Waals surface area (Å²) in [6.07, 6.45) is 3.94. The maximum atomic E-state index is 13.2. The van der Waals surface area contributed by atoms with Crippen molar-refractivity contribution in [3.8, 4) is 0 Å². The van der Waals surface area contributed by atoms with Crippen molar-refractivity contribution in [1.82, 2.24) is 4.57 Å². The Bertz CT molecular complexity index is 1660. The minimum atomic E-state index is -0.653. The molecule has 8 nitrogen and oxygen atoms in total. The number of nitrogens with zero attached hydrogens (tertiary/aromatic N) is 2. The van der Waals surface area contributed by atoms with Crippen LogP contribution in [0.4, 0.5) is 11.4 Å². The van der Waals surface area contributed by atoms with Gasteiger partial charge in [-0.25, -0.2) is 9.69 Å². The van der Waals surface area contributed by atoms with Gasteiger partial charge in [-0.1, -0.05) is 24.3 Å². The van der Waals surface area contributed by atoms with Gasteiger partial charge in [0.1, 0.15) is 0 Å². The summed E-state index contributed by atoms with van der Waals surface area (Å²) in [5, 5.41) is 0.521. The summed E-state index contributed by atoms with van der Waals surface area (Å²) in [6, 6.07) is 21.1. The predicted octanol–water partition coefficient (Wildman–Crippen LogP) is 5.02. The molecule has 2 N–H and O–H groups in total. The second-order valence-electron chi connectivity index (χ2n) is 9.95. The molecule has 9 heteroatoms. The topological polar surface area (TPSA) is 112 Å². The lowest BCUT2D eigenvalue weighted by atomic mass is 9.95. The minimum Gasteiger partial charge on any atom is -0.452 e. The van der Waals surface area contributed by atoms with E-state index >= 15 is 0 Å². The Morgan fingerprint density at radius 3 is 2.52 bits per heavy atom. The third-order valence-corrected chi connectivity index (χ3v) is 8.54. The second-order valence-corrected chi connectivity index (χ2v) is 11.2. The van der Waals surface area contributed by atoms with E-state index in [1.165, 1.54) is 41.6 Å². The highest BCUT2D eigenvalue weighted by Crippen LogP contribution is 2.35. The summed E-state index contributed by atoms with van der Waals surface area (Å²) in [6.45, 7) is -0.391. The van der Waals surface area contributed by atoms with Crippen LogP contribution in [0, 0.1) is 0 Å². The highest BCUT2D eigenvalue weighted by Gasteiger charge is 2.40. The van der Waals surface area contributed by atoms with E-state index in [0.29, 0.717) is 11.4 Å². The van der Waals surface area contributed by atoms with Crippen LogP contribution >= 0.6 is 11.8 Å². The van der Waals surface area contributed by atoms with E-state index < -0.39 is 17.8 Å². The molecule has 0 spiro atoms. The Balaban J connectivity index is 1.12. The molecule has 0 bridgehead atoms. The first kappa shape index (κ1) is 25.9. The van der Waals surface area contributed by atoms with Crippen molar-refractivity contribution >= 4 is 57.7 Å². The molecule has 2 heterocycles. The van der Waals surface area contributed by atoms with Crippen LogP contribution in [0.5, 0.6) is 0 Å². The second kappa shape index (κ2) is 10.7. The average Bonchev–Trinajstić information content (AvgIpc) is 3.44. The lowest BCUT2D eigenvalue weighted by molar-refractivity contribution is -0.121. The zero-order valence-corrected chi connectivity index (χ0v) is 22.5. The first-order valence-corrected chi connectivity index (χ1v) is 14.1. The maximum absolute atomic E-state index is 13.2. The zero-order valence-electron chi connectivity index (χ0n) is 21.7. The van der Waals surface area contributed by atoms with Gasteiger partial charge in [-0.2, -0.15) is 0 Å². The number of amides is 2. The maximum Gasteiger partial charge on any atom is 0.338 e. The van der Waals surface area contributed by atoms with Crippen LogP contribution in [0.15, 0.2) is 77.7 Å². The molecular weight excluding hydrogens is 526 g/mol. The highest BCUT2D eigenvalue weighted by atomic mass is 32.2. The molecule has 2 aliphatic rings. The monoisotopic (exact) mass is 553 g/mol. The Kier molecular flexibility index (Phi) is 6.89. The molecule has 1 saturated heterocycles. The van der Waals surface area contributed by atoms with E-state index in [2.05, 4.69) is 0 Å². The van der Waals surface area contributed by atoms with Gasteiger partial charge in [-0.05, 0) is 79.8 Å². The van der Waals surface area contributed by atoms with E-state index in [4.69, 9.17) is 10.5 Å². The fraction of sp³-hybridized carbons (Fsp3) is 0.226. The smallest absolute Gasteiger partial charge is 0.338 e. The normalized spacial score (nSPS) is 16.8. The predicted molar refractivity (Wildman–Crippen MR) is 154 cm³/mol. The Morgan fingerprint density at radius 2 is 1.73 bits per heavy atom. The minimum absolute atomic E-state index is 0.0714. The van der Waals surface area contributed by atoms with Crippen molar-refractivity contribution in [1.29, 1.82) is 0 Å². The molecule has 6 rings (SSSR count). The molecule has 1 unspecified atom stereocenters. The lowest BCUT2D eigenvalue weighted by Crippen LogP contribution is -2.31. The van der Waals surface area contributed by atoms with Gasteiger partial charge in [0.05, 0.1) is 22.0 Å². The molecular formula is C31H27N3O5S. The first-order valence-electron chi connectivity index (χ1n) is 13.2. The van der Waals surface area contributed by atoms with Crippen molar-refractivity contribution in [3.05, 3.63) is 89.6 Å². The SMILES string of the molecule is Nc1cccc(SC2CC(=O)N(c3ccc(C(=O)OCC(=O)n4c5c(c6ccccc64)CCCC5)cc3)C2=O)c1. The van der Waals surface area contributed by atoms with Gasteiger partial charge in [0.2, 0.25) is 11.8 Å². The van der Waals surface area contributed by atoms with Gasteiger partial charge >= 0.3 is 5.97 Å². The van der Waals surface area contributed by atoms with E-state index in [1.54, 1.807) is 22.8 Å². The summed E-state index contributed by atoms with van der Waals surface area (Å²) < 4.78 is 7.08. The number of esters is 1. The van der Waals surface area contributed by atoms with Crippen LogP contribution in [0.3, 0.4) is 0 Å². The molecule has 1 aromatic heterocycles. The summed E-state index contributed by atoms with van der Waals surface area (Å²) in [4.78, 5) is 53.7. The third kappa shape index (κ3) is 4.77. The van der Waals surface area contributed by atoms with E-state index in [9.17, 15) is 19.2 Å². The summed E-state index contributed by atoms with van der Waals surface area (Å²) in [5.74, 6) is -1.57. The molecule has 0 radical (unpaired) electrons. The van der Waals surface area contributed by atoms with Crippen molar-refractivity contribution < 1.29 is 23.9 Å². The van der Waals surface area contributed by atoms with Gasteiger partial charge < -0.3 is 10.5 Å². The Hall–Kier alpha value is -4.37. The molecule has 1 fully saturated rings. The number of rotatable bonds is 6. The Labute approximate surface area is 235 Å². The Morgan fingerprint density at radius 1 is 0.950 bits per heavy atom. The number of nitrogen functional groups attached to an aromatic ring is 1. The van der Waals surface area contributed by atoms with Gasteiger partial charge in [-0.15, -0.1) is 11.8 Å². The number of para-hydroxylation sites is 1. The highest BCUT2D eigenvalue weighted by molar-refractivity contribution is 8.00. The number of carbonyl (C=O) groups is 4. The number of nitrogens with two attached hydrogens (primary N) is 1. The van der Waals surface area contributed by atoms with E-state index in [0.717, 1.165) is 52.1 Å². The van der Waals surface area contributed by atoms with Gasteiger partial charge in [0.25, 0.3) is 5.91 Å². The molecule has 1 aliphatic carbocycles. The van der Waals surface area contributed by atoms with Crippen LogP contribution in [0.1, 0.15) is 45.7 Å². The first-order chi connectivity index (χ1) is 19.4. The van der Waals surface area contributed by atoms with Gasteiger partial charge in [0.15, 0.2) is 6.61 Å². The fourth-order valence-corrected chi connectivity index (χ4v) is 6.64. The van der Waals surface area contributed by atoms with E-state index in [1.807, 2.05) is 30.3 Å². The number of imide groups is 1. The fourth-order valence-electron chi connectivity index (χ4n) is 5.52. The number of benzene rings is 3. The summed E-state index contributed by atoms with van der Waals surface area (Å²) in [7, 11) is 0. The lowest BCUT2D eigenvalue weighted by Gasteiger charge is -2.16. The van der Waals surface area contributed by atoms with Crippen LogP contribution < -0.4 is 10.6 Å². The zero-order chi connectivity index (χ0) is 27.8. The molecule has 3 aromatic carbocycles. The number of fused-ring (bicyclic) bond motifs is 3. The summed E-state index contributed by atoms with van der Waals surface area (Å²) in [5.41, 5.74) is 10.1. The van der Waals surface area contributed by atoms with Crippen molar-refractivity contribution in [2.45, 2.75) is 42.2 Å². The van der Waals surface area contributed by atoms with Crippen LogP contribution in [0.2, 0.25) is 0 Å². The molecule has 0 saturated carbocycles. The molecule has 1 atom stereocenters. The van der Waals surface area contributed by atoms with Gasteiger partial charge in [-0.3, -0.25) is 19.0 Å². The largest absolute Gasteiger partial charge is 0.452 e. The number of hydrogen-bond acceptors (Lipinski definition) is 7. The average molecular weight is 554 g/mol.